The Balaban J connectivity index is 2.81. The Kier molecular flexibility index (Phi) is 3.74. The van der Waals surface area contributed by atoms with Crippen molar-refractivity contribution >= 4 is 21.9 Å². The van der Waals surface area contributed by atoms with Gasteiger partial charge in [-0.2, -0.15) is 0 Å². The summed E-state index contributed by atoms with van der Waals surface area (Å²) in [4.78, 5) is 11.4. The van der Waals surface area contributed by atoms with Crippen LogP contribution in [0.5, 0.6) is 5.75 Å². The van der Waals surface area contributed by atoms with Crippen LogP contribution >= 0.6 is 15.9 Å². The van der Waals surface area contributed by atoms with Crippen LogP contribution in [0.25, 0.3) is 0 Å². The lowest BCUT2D eigenvalue weighted by Crippen LogP contribution is -2.39. The molecule has 0 heterocycles. The minimum absolute atomic E-state index is 0.400. The summed E-state index contributed by atoms with van der Waals surface area (Å²) in [5, 5.41) is 0. The number of hydrogen-bond donors (Lipinski definition) is 0. The molecular formula is C11H13BrO3. The Morgan fingerprint density at radius 1 is 1.40 bits per heavy atom. The van der Waals surface area contributed by atoms with E-state index in [0.717, 1.165) is 4.47 Å². The van der Waals surface area contributed by atoms with Crippen LogP contribution in [0.3, 0.4) is 0 Å². The van der Waals surface area contributed by atoms with Crippen molar-refractivity contribution in [2.24, 2.45) is 0 Å². The van der Waals surface area contributed by atoms with Gasteiger partial charge in [-0.15, -0.1) is 0 Å². The van der Waals surface area contributed by atoms with E-state index in [1.807, 2.05) is 12.1 Å². The molecule has 0 fully saturated rings. The first-order valence-corrected chi connectivity index (χ1v) is 5.28. The fourth-order valence-corrected chi connectivity index (χ4v) is 1.49. The zero-order valence-corrected chi connectivity index (χ0v) is 10.5. The summed E-state index contributed by atoms with van der Waals surface area (Å²) in [6.45, 7) is 3.33. The summed E-state index contributed by atoms with van der Waals surface area (Å²) >= 11 is 3.33. The number of hydrogen-bond acceptors (Lipinski definition) is 3. The normalized spacial score (nSPS) is 10.9. The van der Waals surface area contributed by atoms with E-state index in [9.17, 15) is 4.79 Å². The Morgan fingerprint density at radius 2 is 2.07 bits per heavy atom. The molecule has 0 saturated heterocycles. The summed E-state index contributed by atoms with van der Waals surface area (Å²) in [5.74, 6) is 0.224. The van der Waals surface area contributed by atoms with Gasteiger partial charge in [0.1, 0.15) is 5.75 Å². The molecule has 15 heavy (non-hydrogen) atoms. The van der Waals surface area contributed by atoms with Crippen LogP contribution in [0.15, 0.2) is 28.7 Å². The van der Waals surface area contributed by atoms with Crippen LogP contribution in [0.4, 0.5) is 0 Å². The van der Waals surface area contributed by atoms with Crippen molar-refractivity contribution in [3.8, 4) is 5.75 Å². The highest BCUT2D eigenvalue weighted by atomic mass is 79.9. The SMILES string of the molecule is COC(=O)C(C)(C)Oc1cccc(Br)c1. The van der Waals surface area contributed by atoms with E-state index in [2.05, 4.69) is 20.7 Å². The molecule has 0 aliphatic carbocycles. The van der Waals surface area contributed by atoms with Gasteiger partial charge in [-0.3, -0.25) is 0 Å². The van der Waals surface area contributed by atoms with Crippen LogP contribution in [-0.4, -0.2) is 18.7 Å². The zero-order valence-electron chi connectivity index (χ0n) is 8.91. The number of esters is 1. The van der Waals surface area contributed by atoms with Crippen molar-refractivity contribution in [3.05, 3.63) is 28.7 Å². The van der Waals surface area contributed by atoms with E-state index < -0.39 is 11.6 Å². The van der Waals surface area contributed by atoms with E-state index in [4.69, 9.17) is 4.74 Å². The first-order chi connectivity index (χ1) is 6.95. The first-order valence-electron chi connectivity index (χ1n) is 4.49. The van der Waals surface area contributed by atoms with Gasteiger partial charge >= 0.3 is 5.97 Å². The van der Waals surface area contributed by atoms with E-state index in [0.29, 0.717) is 5.75 Å². The third kappa shape index (κ3) is 3.23. The van der Waals surface area contributed by atoms with Gasteiger partial charge in [0, 0.05) is 4.47 Å². The van der Waals surface area contributed by atoms with Crippen LogP contribution in [0, 0.1) is 0 Å². The number of methoxy groups -OCH3 is 1. The molecule has 0 unspecified atom stereocenters. The largest absolute Gasteiger partial charge is 0.476 e. The van der Waals surface area contributed by atoms with Crippen molar-refractivity contribution in [2.45, 2.75) is 19.4 Å². The fraction of sp³-hybridized carbons (Fsp3) is 0.364. The third-order valence-corrected chi connectivity index (χ3v) is 2.34. The quantitative estimate of drug-likeness (QED) is 0.794. The predicted molar refractivity (Wildman–Crippen MR) is 60.9 cm³/mol. The Labute approximate surface area is 97.5 Å². The predicted octanol–water partition coefficient (Wildman–Crippen LogP) is 2.78. The summed E-state index contributed by atoms with van der Waals surface area (Å²) in [7, 11) is 1.34. The summed E-state index contributed by atoms with van der Waals surface area (Å²) in [6.07, 6.45) is 0. The maximum atomic E-state index is 11.4. The second-order valence-electron chi connectivity index (χ2n) is 3.56. The standard InChI is InChI=1S/C11H13BrO3/c1-11(2,10(13)14-3)15-9-6-4-5-8(12)7-9/h4-7H,1-3H3. The molecule has 0 saturated carbocycles. The number of ether oxygens (including phenoxy) is 2. The molecule has 0 aliphatic rings. The molecule has 1 aromatic rings. The summed E-state index contributed by atoms with van der Waals surface area (Å²) in [6, 6.07) is 7.31. The zero-order chi connectivity index (χ0) is 11.5. The third-order valence-electron chi connectivity index (χ3n) is 1.85. The van der Waals surface area contributed by atoms with Gasteiger partial charge in [-0.1, -0.05) is 22.0 Å². The van der Waals surface area contributed by atoms with E-state index in [1.165, 1.54) is 7.11 Å². The van der Waals surface area contributed by atoms with E-state index in [-0.39, 0.29) is 0 Å². The number of rotatable bonds is 3. The molecule has 0 aromatic heterocycles. The van der Waals surface area contributed by atoms with Crippen LogP contribution in [0.2, 0.25) is 0 Å². The lowest BCUT2D eigenvalue weighted by Gasteiger charge is -2.23. The van der Waals surface area contributed by atoms with Crippen molar-refractivity contribution in [2.75, 3.05) is 7.11 Å². The molecule has 0 radical (unpaired) electrons. The maximum Gasteiger partial charge on any atom is 0.349 e. The van der Waals surface area contributed by atoms with Gasteiger partial charge in [-0.25, -0.2) is 4.79 Å². The van der Waals surface area contributed by atoms with E-state index >= 15 is 0 Å². The molecule has 0 aliphatic heterocycles. The fourth-order valence-electron chi connectivity index (χ4n) is 1.11. The summed E-state index contributed by atoms with van der Waals surface area (Å²) in [5.41, 5.74) is -0.977. The van der Waals surface area contributed by atoms with Crippen LogP contribution < -0.4 is 4.74 Å². The maximum absolute atomic E-state index is 11.4. The van der Waals surface area contributed by atoms with Crippen LogP contribution in [0.1, 0.15) is 13.8 Å². The van der Waals surface area contributed by atoms with Gasteiger partial charge in [-0.05, 0) is 32.0 Å². The Bertz CT molecular complexity index is 361. The Hall–Kier alpha value is -1.03. The van der Waals surface area contributed by atoms with Gasteiger partial charge in [0.15, 0.2) is 5.60 Å². The first kappa shape index (κ1) is 12.0. The van der Waals surface area contributed by atoms with Gasteiger partial charge in [0.2, 0.25) is 0 Å². The lowest BCUT2D eigenvalue weighted by molar-refractivity contribution is -0.156. The average molecular weight is 273 g/mol. The van der Waals surface area contributed by atoms with Crippen molar-refractivity contribution in [1.82, 2.24) is 0 Å². The highest BCUT2D eigenvalue weighted by Gasteiger charge is 2.30. The second-order valence-corrected chi connectivity index (χ2v) is 4.48. The highest BCUT2D eigenvalue weighted by molar-refractivity contribution is 9.10. The monoisotopic (exact) mass is 272 g/mol. The number of carbonyl (C=O) groups is 1. The molecule has 82 valence electrons. The Morgan fingerprint density at radius 3 is 2.60 bits per heavy atom. The smallest absolute Gasteiger partial charge is 0.349 e. The highest BCUT2D eigenvalue weighted by Crippen LogP contribution is 2.22. The molecule has 3 nitrogen and oxygen atoms in total. The number of benzene rings is 1. The molecule has 0 atom stereocenters. The van der Waals surface area contributed by atoms with E-state index in [1.54, 1.807) is 26.0 Å². The van der Waals surface area contributed by atoms with Crippen LogP contribution in [-0.2, 0) is 9.53 Å². The molecule has 0 spiro atoms. The lowest BCUT2D eigenvalue weighted by atomic mass is 10.1. The number of carbonyl (C=O) groups excluding carboxylic acids is 1. The molecule has 0 amide bonds. The molecule has 0 N–H and O–H groups in total. The van der Waals surface area contributed by atoms with Gasteiger partial charge in [0.05, 0.1) is 7.11 Å². The number of halogens is 1. The molecular weight excluding hydrogens is 260 g/mol. The summed E-state index contributed by atoms with van der Waals surface area (Å²) < 4.78 is 11.1. The van der Waals surface area contributed by atoms with Gasteiger partial charge in [0.25, 0.3) is 0 Å². The van der Waals surface area contributed by atoms with Crippen molar-refractivity contribution in [3.63, 3.8) is 0 Å². The minimum atomic E-state index is -0.977. The molecule has 4 heteroatoms. The molecule has 0 bridgehead atoms. The van der Waals surface area contributed by atoms with Crippen molar-refractivity contribution < 1.29 is 14.3 Å². The second kappa shape index (κ2) is 4.66. The molecule has 1 rings (SSSR count). The van der Waals surface area contributed by atoms with Gasteiger partial charge < -0.3 is 9.47 Å². The van der Waals surface area contributed by atoms with Crippen molar-refractivity contribution in [1.29, 1.82) is 0 Å². The average Bonchev–Trinajstić information content (AvgIpc) is 2.15. The topological polar surface area (TPSA) is 35.5 Å². The molecule has 1 aromatic carbocycles. The minimum Gasteiger partial charge on any atom is -0.476 e.